The Morgan fingerprint density at radius 3 is 2.21 bits per heavy atom. The number of alkyl halides is 3. The normalized spacial score (nSPS) is 11.8. The SMILES string of the molecule is CCNC(=O)c1ccc(CNC(N)=NCc2ccc(OC(F)(F)F)cc2)cc1. The summed E-state index contributed by atoms with van der Waals surface area (Å²) < 4.78 is 40.2. The molecule has 2 aromatic carbocycles. The first-order chi connectivity index (χ1) is 13.3. The zero-order valence-electron chi connectivity index (χ0n) is 15.2. The smallest absolute Gasteiger partial charge is 0.406 e. The first-order valence-electron chi connectivity index (χ1n) is 8.52. The third-order valence-electron chi connectivity index (χ3n) is 3.62. The maximum Gasteiger partial charge on any atom is 0.573 e. The molecule has 0 aliphatic heterocycles. The first kappa shape index (κ1) is 21.1. The molecule has 150 valence electrons. The molecule has 0 saturated heterocycles. The Morgan fingerprint density at radius 1 is 1.04 bits per heavy atom. The molecule has 0 bridgehead atoms. The van der Waals surface area contributed by atoms with Gasteiger partial charge in [-0.05, 0) is 42.3 Å². The number of rotatable bonds is 7. The fraction of sp³-hybridized carbons (Fsp3) is 0.263. The Kier molecular flexibility index (Phi) is 7.25. The number of nitrogens with one attached hydrogen (secondary N) is 2. The van der Waals surface area contributed by atoms with Crippen LogP contribution in [-0.2, 0) is 13.1 Å². The molecule has 0 atom stereocenters. The summed E-state index contributed by atoms with van der Waals surface area (Å²) in [5.41, 5.74) is 7.98. The fourth-order valence-corrected chi connectivity index (χ4v) is 2.26. The zero-order valence-corrected chi connectivity index (χ0v) is 15.2. The van der Waals surface area contributed by atoms with E-state index in [4.69, 9.17) is 5.73 Å². The molecule has 2 rings (SSSR count). The number of amides is 1. The second kappa shape index (κ2) is 9.63. The van der Waals surface area contributed by atoms with Crippen LogP contribution in [0.4, 0.5) is 13.2 Å². The van der Waals surface area contributed by atoms with Crippen molar-refractivity contribution in [1.82, 2.24) is 10.6 Å². The van der Waals surface area contributed by atoms with E-state index >= 15 is 0 Å². The Morgan fingerprint density at radius 2 is 1.64 bits per heavy atom. The van der Waals surface area contributed by atoms with E-state index in [2.05, 4.69) is 20.4 Å². The van der Waals surface area contributed by atoms with E-state index in [9.17, 15) is 18.0 Å². The number of hydrogen-bond acceptors (Lipinski definition) is 3. The van der Waals surface area contributed by atoms with Crippen molar-refractivity contribution in [2.75, 3.05) is 6.54 Å². The van der Waals surface area contributed by atoms with Crippen molar-refractivity contribution in [3.63, 3.8) is 0 Å². The minimum Gasteiger partial charge on any atom is -0.406 e. The summed E-state index contributed by atoms with van der Waals surface area (Å²) in [7, 11) is 0. The highest BCUT2D eigenvalue weighted by atomic mass is 19.4. The van der Waals surface area contributed by atoms with Gasteiger partial charge in [-0.1, -0.05) is 24.3 Å². The first-order valence-corrected chi connectivity index (χ1v) is 8.52. The van der Waals surface area contributed by atoms with Gasteiger partial charge in [-0.2, -0.15) is 0 Å². The van der Waals surface area contributed by atoms with Crippen molar-refractivity contribution in [3.8, 4) is 5.75 Å². The topological polar surface area (TPSA) is 88.7 Å². The van der Waals surface area contributed by atoms with Crippen molar-refractivity contribution in [3.05, 3.63) is 65.2 Å². The number of ether oxygens (including phenoxy) is 1. The second-order valence-corrected chi connectivity index (χ2v) is 5.80. The van der Waals surface area contributed by atoms with Gasteiger partial charge in [0.2, 0.25) is 0 Å². The Hall–Kier alpha value is -3.23. The highest BCUT2D eigenvalue weighted by Gasteiger charge is 2.30. The maximum absolute atomic E-state index is 12.1. The molecule has 0 fully saturated rings. The minimum atomic E-state index is -4.72. The Bertz CT molecular complexity index is 803. The summed E-state index contributed by atoms with van der Waals surface area (Å²) >= 11 is 0. The molecule has 9 heteroatoms. The number of aliphatic imine (C=N–C) groups is 1. The van der Waals surface area contributed by atoms with Crippen molar-refractivity contribution in [1.29, 1.82) is 0 Å². The molecule has 28 heavy (non-hydrogen) atoms. The van der Waals surface area contributed by atoms with Gasteiger partial charge in [0.25, 0.3) is 5.91 Å². The number of nitrogens with zero attached hydrogens (tertiary/aromatic N) is 1. The van der Waals surface area contributed by atoms with Gasteiger partial charge in [0.15, 0.2) is 5.96 Å². The molecule has 0 spiro atoms. The zero-order chi connectivity index (χ0) is 20.6. The maximum atomic E-state index is 12.1. The molecule has 6 nitrogen and oxygen atoms in total. The van der Waals surface area contributed by atoms with Gasteiger partial charge in [0.05, 0.1) is 6.54 Å². The number of benzene rings is 2. The van der Waals surface area contributed by atoms with Gasteiger partial charge in [0, 0.05) is 18.7 Å². The molecule has 0 aliphatic carbocycles. The van der Waals surface area contributed by atoms with Crippen molar-refractivity contribution < 1.29 is 22.7 Å². The molecule has 0 aromatic heterocycles. The summed E-state index contributed by atoms with van der Waals surface area (Å²) in [5.74, 6) is -0.222. The van der Waals surface area contributed by atoms with Gasteiger partial charge in [-0.15, -0.1) is 13.2 Å². The van der Waals surface area contributed by atoms with Crippen LogP contribution in [0.2, 0.25) is 0 Å². The van der Waals surface area contributed by atoms with Gasteiger partial charge >= 0.3 is 6.36 Å². The predicted molar refractivity (Wildman–Crippen MR) is 99.7 cm³/mol. The van der Waals surface area contributed by atoms with Crippen LogP contribution in [0.5, 0.6) is 5.75 Å². The van der Waals surface area contributed by atoms with Crippen molar-refractivity contribution >= 4 is 11.9 Å². The van der Waals surface area contributed by atoms with E-state index in [0.29, 0.717) is 24.2 Å². The fourth-order valence-electron chi connectivity index (χ4n) is 2.26. The molecule has 4 N–H and O–H groups in total. The lowest BCUT2D eigenvalue weighted by atomic mass is 10.1. The van der Waals surface area contributed by atoms with E-state index in [1.54, 1.807) is 12.1 Å². The lowest BCUT2D eigenvalue weighted by Gasteiger charge is -2.09. The number of halogens is 3. The largest absolute Gasteiger partial charge is 0.573 e. The molecule has 0 radical (unpaired) electrons. The van der Waals surface area contributed by atoms with Gasteiger partial charge < -0.3 is 21.1 Å². The summed E-state index contributed by atoms with van der Waals surface area (Å²) in [6.45, 7) is 3.04. The van der Waals surface area contributed by atoms with Gasteiger partial charge in [0.1, 0.15) is 5.75 Å². The van der Waals surface area contributed by atoms with Crippen LogP contribution in [0.15, 0.2) is 53.5 Å². The quantitative estimate of drug-likeness (QED) is 0.498. The van der Waals surface area contributed by atoms with E-state index in [-0.39, 0.29) is 24.2 Å². The molecule has 0 heterocycles. The molecule has 1 amide bonds. The lowest BCUT2D eigenvalue weighted by Crippen LogP contribution is -2.31. The average molecular weight is 394 g/mol. The summed E-state index contributed by atoms with van der Waals surface area (Å²) in [4.78, 5) is 15.8. The molecule has 0 aliphatic rings. The lowest BCUT2D eigenvalue weighted by molar-refractivity contribution is -0.274. The highest BCUT2D eigenvalue weighted by molar-refractivity contribution is 5.94. The minimum absolute atomic E-state index is 0.130. The van der Waals surface area contributed by atoms with Gasteiger partial charge in [-0.3, -0.25) is 4.79 Å². The van der Waals surface area contributed by atoms with Crippen molar-refractivity contribution in [2.45, 2.75) is 26.4 Å². The van der Waals surface area contributed by atoms with Gasteiger partial charge in [-0.25, -0.2) is 4.99 Å². The van der Waals surface area contributed by atoms with Crippen LogP contribution in [0.25, 0.3) is 0 Å². The van der Waals surface area contributed by atoms with Crippen molar-refractivity contribution in [2.24, 2.45) is 10.7 Å². The Labute approximate surface area is 160 Å². The summed E-state index contributed by atoms with van der Waals surface area (Å²) in [6.07, 6.45) is -4.72. The second-order valence-electron chi connectivity index (χ2n) is 5.80. The van der Waals surface area contributed by atoms with Crippen LogP contribution >= 0.6 is 0 Å². The number of nitrogens with two attached hydrogens (primary N) is 1. The number of carbonyl (C=O) groups is 1. The van der Waals surface area contributed by atoms with Crippen LogP contribution in [0.1, 0.15) is 28.4 Å². The summed E-state index contributed by atoms with van der Waals surface area (Å²) in [5, 5.41) is 5.66. The molecular formula is C19H21F3N4O2. The standard InChI is InChI=1S/C19H21F3N4O2/c1-2-24-17(27)15-7-3-13(4-8-15)11-25-18(23)26-12-14-5-9-16(10-6-14)28-19(20,21)22/h3-10H,2,11-12H2,1H3,(H,24,27)(H3,23,25,26). The van der Waals surface area contributed by atoms with E-state index in [0.717, 1.165) is 5.56 Å². The van der Waals surface area contributed by atoms with E-state index in [1.807, 2.05) is 19.1 Å². The average Bonchev–Trinajstić information content (AvgIpc) is 2.65. The van der Waals surface area contributed by atoms with E-state index < -0.39 is 6.36 Å². The van der Waals surface area contributed by atoms with Crippen LogP contribution in [0, 0.1) is 0 Å². The predicted octanol–water partition coefficient (Wildman–Crippen LogP) is 2.94. The van der Waals surface area contributed by atoms with E-state index in [1.165, 1.54) is 24.3 Å². The number of hydrogen-bond donors (Lipinski definition) is 3. The van der Waals surface area contributed by atoms with Crippen LogP contribution in [0.3, 0.4) is 0 Å². The Balaban J connectivity index is 1.83. The third-order valence-corrected chi connectivity index (χ3v) is 3.62. The molecule has 0 unspecified atom stereocenters. The molecule has 2 aromatic rings. The van der Waals surface area contributed by atoms with Crippen LogP contribution < -0.4 is 21.1 Å². The summed E-state index contributed by atoms with van der Waals surface area (Å²) in [6, 6.07) is 12.5. The molecular weight excluding hydrogens is 373 g/mol. The number of guanidine groups is 1. The molecule has 0 saturated carbocycles. The highest BCUT2D eigenvalue weighted by Crippen LogP contribution is 2.22. The third kappa shape index (κ3) is 7.18. The number of carbonyl (C=O) groups excluding carboxylic acids is 1. The monoisotopic (exact) mass is 394 g/mol. The van der Waals surface area contributed by atoms with Crippen LogP contribution in [-0.4, -0.2) is 24.8 Å².